The summed E-state index contributed by atoms with van der Waals surface area (Å²) in [4.78, 5) is 17.0. The Labute approximate surface area is 172 Å². The zero-order valence-corrected chi connectivity index (χ0v) is 18.2. The van der Waals surface area contributed by atoms with Gasteiger partial charge >= 0.3 is 0 Å². The summed E-state index contributed by atoms with van der Waals surface area (Å²) in [6.07, 6.45) is 0.0711. The van der Waals surface area contributed by atoms with E-state index in [1.807, 2.05) is 22.2 Å². The Morgan fingerprint density at radius 2 is 1.89 bits per heavy atom. The first-order valence-electron chi connectivity index (χ1n) is 8.54. The van der Waals surface area contributed by atoms with Gasteiger partial charge < -0.3 is 5.32 Å². The highest BCUT2D eigenvalue weighted by Gasteiger charge is 2.25. The Bertz CT molecular complexity index is 1070. The minimum atomic E-state index is -3.77. The summed E-state index contributed by atoms with van der Waals surface area (Å²) < 4.78 is 27.9. The standard InChI is InChI=1S/C19H21N3O3S3/c1-19(2,3)22-28(24,25)16-7-5-4-6-15(16)21-17(23)10-14-12-27-18(20-14)13-8-9-26-11-13/h4-9,11-12,22H,10H2,1-3H3,(H,21,23). The van der Waals surface area contributed by atoms with Crippen LogP contribution in [0, 0.1) is 0 Å². The molecule has 0 fully saturated rings. The maximum Gasteiger partial charge on any atom is 0.243 e. The number of rotatable bonds is 6. The number of carbonyl (C=O) groups is 1. The Morgan fingerprint density at radius 1 is 1.14 bits per heavy atom. The van der Waals surface area contributed by atoms with Crippen molar-refractivity contribution in [2.24, 2.45) is 0 Å². The zero-order valence-electron chi connectivity index (χ0n) is 15.7. The first kappa shape index (κ1) is 20.7. The molecule has 148 valence electrons. The van der Waals surface area contributed by atoms with Gasteiger partial charge in [0.25, 0.3) is 0 Å². The number of hydrogen-bond donors (Lipinski definition) is 2. The molecule has 0 aliphatic rings. The minimum Gasteiger partial charge on any atom is -0.325 e. The summed E-state index contributed by atoms with van der Waals surface area (Å²) in [5.41, 5.74) is 1.30. The molecule has 0 aliphatic heterocycles. The van der Waals surface area contributed by atoms with Gasteiger partial charge in [0.1, 0.15) is 9.90 Å². The van der Waals surface area contributed by atoms with Crippen LogP contribution in [0.2, 0.25) is 0 Å². The third-order valence-electron chi connectivity index (χ3n) is 3.55. The second kappa shape index (κ2) is 8.12. The van der Waals surface area contributed by atoms with Crippen LogP contribution in [0.3, 0.4) is 0 Å². The average Bonchev–Trinajstić information content (AvgIpc) is 3.24. The number of amides is 1. The van der Waals surface area contributed by atoms with Crippen molar-refractivity contribution in [2.75, 3.05) is 5.32 Å². The van der Waals surface area contributed by atoms with E-state index in [4.69, 9.17) is 0 Å². The first-order chi connectivity index (χ1) is 13.1. The highest BCUT2D eigenvalue weighted by molar-refractivity contribution is 7.89. The van der Waals surface area contributed by atoms with Crippen LogP contribution in [-0.2, 0) is 21.2 Å². The van der Waals surface area contributed by atoms with Crippen LogP contribution in [0.25, 0.3) is 10.6 Å². The fraction of sp³-hybridized carbons (Fsp3) is 0.263. The molecule has 0 saturated carbocycles. The number of thiazole rings is 1. The quantitative estimate of drug-likeness (QED) is 0.609. The van der Waals surface area contributed by atoms with Gasteiger partial charge in [-0.05, 0) is 44.4 Å². The lowest BCUT2D eigenvalue weighted by atomic mass is 10.1. The van der Waals surface area contributed by atoms with Crippen molar-refractivity contribution in [2.45, 2.75) is 37.6 Å². The van der Waals surface area contributed by atoms with Gasteiger partial charge in [-0.2, -0.15) is 11.3 Å². The van der Waals surface area contributed by atoms with Crippen LogP contribution in [0.1, 0.15) is 26.5 Å². The number of sulfonamides is 1. The Hall–Kier alpha value is -2.07. The molecule has 3 aromatic rings. The predicted molar refractivity (Wildman–Crippen MR) is 114 cm³/mol. The molecule has 3 rings (SSSR count). The van der Waals surface area contributed by atoms with Crippen molar-refractivity contribution in [3.05, 3.63) is 52.2 Å². The number of thiophene rings is 1. The number of benzene rings is 1. The van der Waals surface area contributed by atoms with Crippen molar-refractivity contribution < 1.29 is 13.2 Å². The van der Waals surface area contributed by atoms with E-state index in [0.29, 0.717) is 5.69 Å². The molecule has 9 heteroatoms. The van der Waals surface area contributed by atoms with E-state index in [9.17, 15) is 13.2 Å². The molecule has 0 atom stereocenters. The van der Waals surface area contributed by atoms with Crippen molar-refractivity contribution >= 4 is 44.3 Å². The molecule has 0 unspecified atom stereocenters. The smallest absolute Gasteiger partial charge is 0.243 e. The number of aromatic nitrogens is 1. The molecule has 0 aliphatic carbocycles. The topological polar surface area (TPSA) is 88.2 Å². The fourth-order valence-corrected chi connectivity index (χ4v) is 5.64. The zero-order chi connectivity index (χ0) is 20.4. The SMILES string of the molecule is CC(C)(C)NS(=O)(=O)c1ccccc1NC(=O)Cc1csc(-c2ccsc2)n1. The maximum absolute atomic E-state index is 12.7. The van der Waals surface area contributed by atoms with Crippen molar-refractivity contribution in [3.8, 4) is 10.6 Å². The predicted octanol–water partition coefficient (Wildman–Crippen LogP) is 4.13. The lowest BCUT2D eigenvalue weighted by Gasteiger charge is -2.21. The Kier molecular flexibility index (Phi) is 5.99. The van der Waals surface area contributed by atoms with Crippen LogP contribution >= 0.6 is 22.7 Å². The third-order valence-corrected chi connectivity index (χ3v) is 6.99. The van der Waals surface area contributed by atoms with Crippen molar-refractivity contribution in [1.82, 2.24) is 9.71 Å². The molecule has 6 nitrogen and oxygen atoms in total. The van der Waals surface area contributed by atoms with E-state index in [1.165, 1.54) is 17.4 Å². The van der Waals surface area contributed by atoms with E-state index in [-0.39, 0.29) is 22.9 Å². The van der Waals surface area contributed by atoms with E-state index < -0.39 is 15.6 Å². The van der Waals surface area contributed by atoms with Gasteiger partial charge in [-0.15, -0.1) is 11.3 Å². The largest absolute Gasteiger partial charge is 0.325 e. The molecule has 28 heavy (non-hydrogen) atoms. The highest BCUT2D eigenvalue weighted by Crippen LogP contribution is 2.26. The lowest BCUT2D eigenvalue weighted by molar-refractivity contribution is -0.115. The van der Waals surface area contributed by atoms with E-state index >= 15 is 0 Å². The Balaban J connectivity index is 1.75. The van der Waals surface area contributed by atoms with E-state index in [1.54, 1.807) is 50.3 Å². The van der Waals surface area contributed by atoms with E-state index in [2.05, 4.69) is 15.0 Å². The second-order valence-electron chi connectivity index (χ2n) is 7.23. The Morgan fingerprint density at radius 3 is 2.57 bits per heavy atom. The minimum absolute atomic E-state index is 0.0375. The van der Waals surface area contributed by atoms with Crippen LogP contribution in [-0.4, -0.2) is 24.8 Å². The van der Waals surface area contributed by atoms with Gasteiger partial charge in [-0.1, -0.05) is 12.1 Å². The van der Waals surface area contributed by atoms with Crippen molar-refractivity contribution in [1.29, 1.82) is 0 Å². The normalized spacial score (nSPS) is 12.1. The summed E-state index contributed by atoms with van der Waals surface area (Å²) in [6.45, 7) is 5.29. The average molecular weight is 436 g/mol. The maximum atomic E-state index is 12.7. The second-order valence-corrected chi connectivity index (χ2v) is 10.5. The molecule has 2 heterocycles. The van der Waals surface area contributed by atoms with Gasteiger partial charge in [-0.3, -0.25) is 4.79 Å². The van der Waals surface area contributed by atoms with Gasteiger partial charge in [0.05, 0.1) is 17.8 Å². The molecule has 2 N–H and O–H groups in total. The molecular formula is C19H21N3O3S3. The monoisotopic (exact) mass is 435 g/mol. The molecule has 1 amide bonds. The first-order valence-corrected chi connectivity index (χ1v) is 11.8. The van der Waals surface area contributed by atoms with E-state index in [0.717, 1.165) is 10.6 Å². The molecule has 0 radical (unpaired) electrons. The van der Waals surface area contributed by atoms with Gasteiger partial charge in [0.2, 0.25) is 15.9 Å². The number of anilines is 1. The van der Waals surface area contributed by atoms with Gasteiger partial charge in [0.15, 0.2) is 0 Å². The summed E-state index contributed by atoms with van der Waals surface area (Å²) in [5, 5.41) is 9.39. The number of carbonyl (C=O) groups excluding carboxylic acids is 1. The number of para-hydroxylation sites is 1. The van der Waals surface area contributed by atoms with Crippen LogP contribution in [0.4, 0.5) is 5.69 Å². The van der Waals surface area contributed by atoms with Gasteiger partial charge in [0, 0.05) is 21.9 Å². The number of nitrogens with one attached hydrogen (secondary N) is 2. The highest BCUT2D eigenvalue weighted by atomic mass is 32.2. The molecule has 2 aromatic heterocycles. The summed E-state index contributed by atoms with van der Waals surface area (Å²) in [7, 11) is -3.77. The number of hydrogen-bond acceptors (Lipinski definition) is 6. The van der Waals surface area contributed by atoms with Crippen molar-refractivity contribution in [3.63, 3.8) is 0 Å². The molecular weight excluding hydrogens is 414 g/mol. The summed E-state index contributed by atoms with van der Waals surface area (Å²) in [6, 6.07) is 8.34. The number of nitrogens with zero attached hydrogens (tertiary/aromatic N) is 1. The van der Waals surface area contributed by atoms with Crippen LogP contribution in [0.15, 0.2) is 51.4 Å². The molecule has 1 aromatic carbocycles. The summed E-state index contributed by atoms with van der Waals surface area (Å²) in [5.74, 6) is -0.319. The summed E-state index contributed by atoms with van der Waals surface area (Å²) >= 11 is 3.07. The third kappa shape index (κ3) is 5.26. The molecule has 0 bridgehead atoms. The lowest BCUT2D eigenvalue weighted by Crippen LogP contribution is -2.40. The van der Waals surface area contributed by atoms with Crippen LogP contribution < -0.4 is 10.0 Å². The van der Waals surface area contributed by atoms with Gasteiger partial charge in [-0.25, -0.2) is 18.1 Å². The molecule has 0 spiro atoms. The molecule has 0 saturated heterocycles. The fourth-order valence-electron chi connectivity index (χ4n) is 2.53. The van der Waals surface area contributed by atoms with Crippen LogP contribution in [0.5, 0.6) is 0 Å².